The lowest BCUT2D eigenvalue weighted by Crippen LogP contribution is -2.43. The molecule has 118 valence electrons. The van der Waals surface area contributed by atoms with E-state index in [1.54, 1.807) is 24.3 Å². The molecule has 0 bridgehead atoms. The molecule has 0 amide bonds. The Balaban J connectivity index is 2.88. The van der Waals surface area contributed by atoms with E-state index in [1.807, 2.05) is 6.07 Å². The number of carbonyl (C=O) groups excluding carboxylic acids is 2. The summed E-state index contributed by atoms with van der Waals surface area (Å²) < 4.78 is 9.97. The van der Waals surface area contributed by atoms with Crippen molar-refractivity contribution in [1.29, 1.82) is 0 Å². The third-order valence-corrected chi connectivity index (χ3v) is 2.73. The highest BCUT2D eigenvalue weighted by Gasteiger charge is 2.34. The molecular weight excluding hydrogens is 284 g/mol. The fraction of sp³-hybridized carbons (Fsp3) is 0.294. The molecule has 0 aliphatic heterocycles. The summed E-state index contributed by atoms with van der Waals surface area (Å²) in [6, 6.07) is 8.93. The van der Waals surface area contributed by atoms with Crippen molar-refractivity contribution >= 4 is 11.9 Å². The Morgan fingerprint density at radius 1 is 1.09 bits per heavy atom. The van der Waals surface area contributed by atoms with Gasteiger partial charge in [-0.05, 0) is 19.4 Å². The predicted octanol–water partition coefficient (Wildman–Crippen LogP) is 2.16. The zero-order valence-electron chi connectivity index (χ0n) is 12.8. The first-order valence-electron chi connectivity index (χ1n) is 6.71. The number of aliphatic hydroxyl groups is 1. The summed E-state index contributed by atoms with van der Waals surface area (Å²) in [7, 11) is 0. The van der Waals surface area contributed by atoms with Gasteiger partial charge in [-0.3, -0.25) is 0 Å². The van der Waals surface area contributed by atoms with Crippen LogP contribution in [0.3, 0.4) is 0 Å². The van der Waals surface area contributed by atoms with Gasteiger partial charge in [0.25, 0.3) is 0 Å². The first kappa shape index (κ1) is 17.7. The summed E-state index contributed by atoms with van der Waals surface area (Å²) >= 11 is 0. The van der Waals surface area contributed by atoms with Crippen molar-refractivity contribution in [3.63, 3.8) is 0 Å². The monoisotopic (exact) mass is 304 g/mol. The number of benzene rings is 1. The van der Waals surface area contributed by atoms with Gasteiger partial charge in [0.1, 0.15) is 0 Å². The van der Waals surface area contributed by atoms with Crippen molar-refractivity contribution in [3.8, 4) is 0 Å². The molecule has 0 saturated carbocycles. The van der Waals surface area contributed by atoms with Gasteiger partial charge in [-0.2, -0.15) is 0 Å². The molecule has 0 aliphatic rings. The highest BCUT2D eigenvalue weighted by Crippen LogP contribution is 2.18. The van der Waals surface area contributed by atoms with Crippen LogP contribution in [-0.4, -0.2) is 29.4 Å². The Kier molecular flexibility index (Phi) is 6.07. The maximum Gasteiger partial charge on any atom is 0.335 e. The molecule has 22 heavy (non-hydrogen) atoms. The van der Waals surface area contributed by atoms with Gasteiger partial charge in [0, 0.05) is 17.6 Å². The molecular formula is C17H20O5. The zero-order valence-corrected chi connectivity index (χ0v) is 12.8. The van der Waals surface area contributed by atoms with Crippen molar-refractivity contribution in [2.75, 3.05) is 6.61 Å². The van der Waals surface area contributed by atoms with E-state index in [-0.39, 0.29) is 17.6 Å². The number of rotatable bonds is 7. The smallest absolute Gasteiger partial charge is 0.335 e. The van der Waals surface area contributed by atoms with Crippen LogP contribution in [0.1, 0.15) is 19.4 Å². The molecule has 0 radical (unpaired) electrons. The van der Waals surface area contributed by atoms with E-state index in [9.17, 15) is 14.7 Å². The Morgan fingerprint density at radius 2 is 1.64 bits per heavy atom. The highest BCUT2D eigenvalue weighted by molar-refractivity contribution is 5.88. The van der Waals surface area contributed by atoms with Crippen LogP contribution in [0.2, 0.25) is 0 Å². The van der Waals surface area contributed by atoms with Crippen LogP contribution in [0, 0.1) is 0 Å². The Morgan fingerprint density at radius 3 is 2.14 bits per heavy atom. The number of esters is 2. The minimum atomic E-state index is -1.97. The fourth-order valence-electron chi connectivity index (χ4n) is 1.59. The molecule has 5 heteroatoms. The molecule has 0 spiro atoms. The van der Waals surface area contributed by atoms with Gasteiger partial charge in [0.05, 0.1) is 0 Å². The molecule has 0 aromatic heterocycles. The van der Waals surface area contributed by atoms with Crippen molar-refractivity contribution in [3.05, 3.63) is 60.2 Å². The average molecular weight is 304 g/mol. The standard InChI is InChI=1S/C17H20O5/c1-12(2)15(18)21-11-17(20,22-16(19)13(3)4)10-14-8-6-5-7-9-14/h5-9,20H,1,3,10-11H2,2,4H3. The Bertz CT molecular complexity index is 576. The topological polar surface area (TPSA) is 72.8 Å². The van der Waals surface area contributed by atoms with E-state index in [0.717, 1.165) is 5.56 Å². The van der Waals surface area contributed by atoms with Crippen LogP contribution in [0.25, 0.3) is 0 Å². The molecule has 1 aromatic rings. The van der Waals surface area contributed by atoms with Crippen LogP contribution in [0.4, 0.5) is 0 Å². The third kappa shape index (κ3) is 5.54. The van der Waals surface area contributed by atoms with E-state index in [1.165, 1.54) is 13.8 Å². The van der Waals surface area contributed by atoms with Gasteiger partial charge in [-0.15, -0.1) is 0 Å². The minimum absolute atomic E-state index is 0.0175. The molecule has 0 heterocycles. The normalized spacial score (nSPS) is 12.9. The van der Waals surface area contributed by atoms with Crippen molar-refractivity contribution in [2.24, 2.45) is 0 Å². The number of carbonyl (C=O) groups is 2. The summed E-state index contributed by atoms with van der Waals surface area (Å²) in [6.07, 6.45) is -0.0175. The molecule has 1 rings (SSSR count). The molecule has 0 saturated heterocycles. The highest BCUT2D eigenvalue weighted by atomic mass is 16.7. The van der Waals surface area contributed by atoms with E-state index < -0.39 is 24.3 Å². The summed E-state index contributed by atoms with van der Waals surface area (Å²) in [5.41, 5.74) is 1.05. The molecule has 1 aromatic carbocycles. The van der Waals surface area contributed by atoms with Crippen molar-refractivity contribution in [1.82, 2.24) is 0 Å². The SMILES string of the molecule is C=C(C)C(=O)OCC(O)(Cc1ccccc1)OC(=O)C(=C)C. The first-order valence-corrected chi connectivity index (χ1v) is 6.71. The molecule has 1 N–H and O–H groups in total. The van der Waals surface area contributed by atoms with E-state index in [0.29, 0.717) is 0 Å². The quantitative estimate of drug-likeness (QED) is 0.475. The van der Waals surface area contributed by atoms with Crippen LogP contribution in [0.15, 0.2) is 54.6 Å². The molecule has 0 aliphatic carbocycles. The average Bonchev–Trinajstić information content (AvgIpc) is 2.45. The lowest BCUT2D eigenvalue weighted by atomic mass is 10.1. The van der Waals surface area contributed by atoms with Gasteiger partial charge in [-0.1, -0.05) is 43.5 Å². The number of ether oxygens (including phenoxy) is 2. The second kappa shape index (κ2) is 7.56. The maximum atomic E-state index is 11.7. The van der Waals surface area contributed by atoms with Gasteiger partial charge in [-0.25, -0.2) is 9.59 Å². The molecule has 5 nitrogen and oxygen atoms in total. The van der Waals surface area contributed by atoms with Gasteiger partial charge < -0.3 is 14.6 Å². The molecule has 1 atom stereocenters. The minimum Gasteiger partial charge on any atom is -0.455 e. The maximum absolute atomic E-state index is 11.7. The third-order valence-electron chi connectivity index (χ3n) is 2.73. The lowest BCUT2D eigenvalue weighted by molar-refractivity contribution is -0.224. The van der Waals surface area contributed by atoms with Gasteiger partial charge in [0.2, 0.25) is 5.79 Å². The Hall–Kier alpha value is -2.40. The van der Waals surface area contributed by atoms with Crippen LogP contribution in [0.5, 0.6) is 0 Å². The van der Waals surface area contributed by atoms with Crippen LogP contribution < -0.4 is 0 Å². The van der Waals surface area contributed by atoms with Gasteiger partial charge in [0.15, 0.2) is 6.61 Å². The number of hydrogen-bond donors (Lipinski definition) is 1. The predicted molar refractivity (Wildman–Crippen MR) is 81.8 cm³/mol. The number of hydrogen-bond acceptors (Lipinski definition) is 5. The second-order valence-electron chi connectivity index (χ2n) is 5.13. The lowest BCUT2D eigenvalue weighted by Gasteiger charge is -2.27. The van der Waals surface area contributed by atoms with E-state index in [2.05, 4.69) is 13.2 Å². The van der Waals surface area contributed by atoms with Crippen LogP contribution >= 0.6 is 0 Å². The largest absolute Gasteiger partial charge is 0.455 e. The second-order valence-corrected chi connectivity index (χ2v) is 5.13. The molecule has 0 fully saturated rings. The van der Waals surface area contributed by atoms with E-state index in [4.69, 9.17) is 9.47 Å². The fourth-order valence-corrected chi connectivity index (χ4v) is 1.59. The summed E-state index contributed by atoms with van der Waals surface area (Å²) in [5, 5.41) is 10.5. The van der Waals surface area contributed by atoms with Crippen LogP contribution in [-0.2, 0) is 25.5 Å². The summed E-state index contributed by atoms with van der Waals surface area (Å²) in [6.45, 7) is 9.37. The van der Waals surface area contributed by atoms with E-state index >= 15 is 0 Å². The molecule has 1 unspecified atom stereocenters. The van der Waals surface area contributed by atoms with Crippen molar-refractivity contribution in [2.45, 2.75) is 26.1 Å². The zero-order chi connectivity index (χ0) is 16.8. The Labute approximate surface area is 129 Å². The summed E-state index contributed by atoms with van der Waals surface area (Å²) in [4.78, 5) is 23.2. The summed E-state index contributed by atoms with van der Waals surface area (Å²) in [5.74, 6) is -3.40. The van der Waals surface area contributed by atoms with Gasteiger partial charge >= 0.3 is 11.9 Å². The first-order chi connectivity index (χ1) is 10.2. The van der Waals surface area contributed by atoms with Crippen molar-refractivity contribution < 1.29 is 24.2 Å².